The third-order valence-electron chi connectivity index (χ3n) is 5.01. The Balaban J connectivity index is 0.00000306. The van der Waals surface area contributed by atoms with Crippen LogP contribution in [0.5, 0.6) is 11.5 Å². The first-order valence-electron chi connectivity index (χ1n) is 11.0. The Hall–Kier alpha value is -2.97. The van der Waals surface area contributed by atoms with Gasteiger partial charge in [0.1, 0.15) is 11.5 Å². The molecule has 0 unspecified atom stereocenters. The van der Waals surface area contributed by atoms with E-state index in [0.717, 1.165) is 57.5 Å². The SMILES string of the molecule is C.CCCn1cc(-c2cc(Oc3ccc4nc(N[C@@H](CO)CC(C)C)sc4c3)ccn2)cn1. The van der Waals surface area contributed by atoms with Gasteiger partial charge in [-0.15, -0.1) is 0 Å². The molecule has 8 heteroatoms. The molecule has 4 rings (SSSR count). The lowest BCUT2D eigenvalue weighted by Crippen LogP contribution is -2.25. The first-order valence-corrected chi connectivity index (χ1v) is 11.8. The van der Waals surface area contributed by atoms with Crippen LogP contribution in [0.15, 0.2) is 48.9 Å². The fraction of sp³-hybridized carbons (Fsp3) is 0.400. The minimum absolute atomic E-state index is 0. The van der Waals surface area contributed by atoms with E-state index in [1.807, 2.05) is 47.4 Å². The summed E-state index contributed by atoms with van der Waals surface area (Å²) in [7, 11) is 0. The number of rotatable bonds is 10. The van der Waals surface area contributed by atoms with Crippen molar-refractivity contribution in [2.24, 2.45) is 5.92 Å². The van der Waals surface area contributed by atoms with Crippen LogP contribution < -0.4 is 10.1 Å². The predicted octanol–water partition coefficient (Wildman–Crippen LogP) is 6.21. The maximum atomic E-state index is 9.64. The Morgan fingerprint density at radius 2 is 2.00 bits per heavy atom. The number of aliphatic hydroxyl groups excluding tert-OH is 1. The number of hydrogen-bond donors (Lipinski definition) is 2. The highest BCUT2D eigenvalue weighted by Gasteiger charge is 2.13. The van der Waals surface area contributed by atoms with Crippen molar-refractivity contribution >= 4 is 26.7 Å². The number of anilines is 1. The molecule has 0 aliphatic heterocycles. The van der Waals surface area contributed by atoms with Crippen LogP contribution in [-0.2, 0) is 6.54 Å². The summed E-state index contributed by atoms with van der Waals surface area (Å²) in [6, 6.07) is 9.65. The van der Waals surface area contributed by atoms with Gasteiger partial charge in [-0.3, -0.25) is 9.67 Å². The van der Waals surface area contributed by atoms with E-state index in [2.05, 4.69) is 41.2 Å². The lowest BCUT2D eigenvalue weighted by Gasteiger charge is -2.17. The maximum Gasteiger partial charge on any atom is 0.184 e. The molecule has 0 fully saturated rings. The molecule has 0 saturated carbocycles. The third-order valence-corrected chi connectivity index (χ3v) is 5.96. The highest BCUT2D eigenvalue weighted by atomic mass is 32.1. The van der Waals surface area contributed by atoms with Gasteiger partial charge in [0.25, 0.3) is 0 Å². The molecule has 7 nitrogen and oxygen atoms in total. The molecule has 3 aromatic heterocycles. The van der Waals surface area contributed by atoms with E-state index in [-0.39, 0.29) is 20.1 Å². The van der Waals surface area contributed by atoms with Gasteiger partial charge >= 0.3 is 0 Å². The fourth-order valence-electron chi connectivity index (χ4n) is 3.57. The van der Waals surface area contributed by atoms with E-state index < -0.39 is 0 Å². The predicted molar refractivity (Wildman–Crippen MR) is 136 cm³/mol. The molecule has 1 atom stereocenters. The molecule has 0 bridgehead atoms. The summed E-state index contributed by atoms with van der Waals surface area (Å²) < 4.78 is 9.07. The van der Waals surface area contributed by atoms with Crippen molar-refractivity contribution < 1.29 is 9.84 Å². The summed E-state index contributed by atoms with van der Waals surface area (Å²) in [6.07, 6.45) is 7.51. The fourth-order valence-corrected chi connectivity index (χ4v) is 4.54. The third kappa shape index (κ3) is 6.30. The minimum atomic E-state index is 0. The Bertz CT molecular complexity index is 1170. The second-order valence-corrected chi connectivity index (χ2v) is 9.30. The van der Waals surface area contributed by atoms with Crippen molar-refractivity contribution in [3.63, 3.8) is 0 Å². The number of ether oxygens (including phenoxy) is 1. The highest BCUT2D eigenvalue weighted by Crippen LogP contribution is 2.32. The van der Waals surface area contributed by atoms with Gasteiger partial charge in [-0.05, 0) is 37.0 Å². The monoisotopic (exact) mass is 467 g/mol. The van der Waals surface area contributed by atoms with Gasteiger partial charge in [0.2, 0.25) is 0 Å². The van der Waals surface area contributed by atoms with Gasteiger partial charge in [0, 0.05) is 36.6 Å². The van der Waals surface area contributed by atoms with Crippen LogP contribution in [0.3, 0.4) is 0 Å². The van der Waals surface area contributed by atoms with Crippen molar-refractivity contribution in [2.45, 2.75) is 53.6 Å². The van der Waals surface area contributed by atoms with E-state index in [9.17, 15) is 5.11 Å². The van der Waals surface area contributed by atoms with Gasteiger partial charge in [-0.1, -0.05) is 39.5 Å². The summed E-state index contributed by atoms with van der Waals surface area (Å²) in [6.45, 7) is 7.40. The lowest BCUT2D eigenvalue weighted by atomic mass is 10.0. The quantitative estimate of drug-likeness (QED) is 0.288. The van der Waals surface area contributed by atoms with Crippen molar-refractivity contribution in [3.05, 3.63) is 48.9 Å². The van der Waals surface area contributed by atoms with Crippen molar-refractivity contribution in [2.75, 3.05) is 11.9 Å². The van der Waals surface area contributed by atoms with Gasteiger partial charge in [-0.2, -0.15) is 5.10 Å². The smallest absolute Gasteiger partial charge is 0.184 e. The molecular weight excluding hydrogens is 434 g/mol. The van der Waals surface area contributed by atoms with Crippen LogP contribution in [0.2, 0.25) is 0 Å². The van der Waals surface area contributed by atoms with Gasteiger partial charge in [0.05, 0.1) is 34.8 Å². The molecule has 0 amide bonds. The lowest BCUT2D eigenvalue weighted by molar-refractivity contribution is 0.259. The molecule has 33 heavy (non-hydrogen) atoms. The van der Waals surface area contributed by atoms with Crippen molar-refractivity contribution in [1.29, 1.82) is 0 Å². The van der Waals surface area contributed by atoms with E-state index in [1.54, 1.807) is 17.5 Å². The first kappa shape index (κ1) is 24.7. The number of fused-ring (bicyclic) bond motifs is 1. The van der Waals surface area contributed by atoms with Crippen molar-refractivity contribution in [3.8, 4) is 22.8 Å². The van der Waals surface area contributed by atoms with Gasteiger partial charge in [0.15, 0.2) is 5.13 Å². The molecule has 3 heterocycles. The summed E-state index contributed by atoms with van der Waals surface area (Å²) >= 11 is 1.56. The topological polar surface area (TPSA) is 85.1 Å². The number of hydrogen-bond acceptors (Lipinski definition) is 7. The molecule has 4 aromatic rings. The number of pyridine rings is 1. The maximum absolute atomic E-state index is 9.64. The molecule has 1 aromatic carbocycles. The molecule has 0 saturated heterocycles. The largest absolute Gasteiger partial charge is 0.457 e. The highest BCUT2D eigenvalue weighted by molar-refractivity contribution is 7.22. The zero-order valence-electron chi connectivity index (χ0n) is 18.7. The van der Waals surface area contributed by atoms with E-state index in [0.29, 0.717) is 5.92 Å². The molecule has 0 aliphatic rings. The standard InChI is InChI=1S/C24H29N5O2S.CH4/c1-4-9-29-14-17(13-26-29)22-11-20(7-8-25-22)31-19-5-6-21-23(12-19)32-24(28-21)27-18(15-30)10-16(2)3;/h5-8,11-14,16,18,30H,4,9-10,15H2,1-3H3,(H,27,28);1H4/t18-;/m1./s1. The number of nitrogens with one attached hydrogen (secondary N) is 1. The minimum Gasteiger partial charge on any atom is -0.457 e. The van der Waals surface area contributed by atoms with Crippen LogP contribution in [-0.4, -0.2) is 37.5 Å². The summed E-state index contributed by atoms with van der Waals surface area (Å²) in [4.78, 5) is 9.11. The molecule has 0 aliphatic carbocycles. The van der Waals surface area contributed by atoms with Gasteiger partial charge in [-0.25, -0.2) is 4.98 Å². The Kier molecular flexibility index (Phi) is 8.41. The summed E-state index contributed by atoms with van der Waals surface area (Å²) in [5, 5.41) is 18.2. The number of aromatic nitrogens is 4. The Labute approximate surface area is 199 Å². The number of aryl methyl sites for hydroxylation is 1. The zero-order valence-corrected chi connectivity index (χ0v) is 19.5. The Morgan fingerprint density at radius 3 is 2.76 bits per heavy atom. The average molecular weight is 468 g/mol. The number of nitrogens with zero attached hydrogens (tertiary/aromatic N) is 4. The normalized spacial score (nSPS) is 12.0. The molecule has 176 valence electrons. The first-order chi connectivity index (χ1) is 15.5. The molecule has 0 spiro atoms. The second-order valence-electron chi connectivity index (χ2n) is 8.27. The van der Waals surface area contributed by atoms with Crippen LogP contribution in [0, 0.1) is 5.92 Å². The summed E-state index contributed by atoms with van der Waals surface area (Å²) in [5.41, 5.74) is 2.71. The molecular formula is C25H33N5O2S. The molecule has 0 radical (unpaired) electrons. The van der Waals surface area contributed by atoms with E-state index in [1.165, 1.54) is 0 Å². The Morgan fingerprint density at radius 1 is 1.18 bits per heavy atom. The van der Waals surface area contributed by atoms with E-state index in [4.69, 9.17) is 4.74 Å². The number of thiazole rings is 1. The average Bonchev–Trinajstić information content (AvgIpc) is 3.40. The van der Waals surface area contributed by atoms with Crippen molar-refractivity contribution in [1.82, 2.24) is 19.7 Å². The van der Waals surface area contributed by atoms with Crippen LogP contribution in [0.4, 0.5) is 5.13 Å². The second kappa shape index (κ2) is 11.2. The zero-order chi connectivity index (χ0) is 22.5. The van der Waals surface area contributed by atoms with Crippen LogP contribution in [0.25, 0.3) is 21.5 Å². The van der Waals surface area contributed by atoms with Crippen LogP contribution in [0.1, 0.15) is 41.0 Å². The van der Waals surface area contributed by atoms with Gasteiger partial charge < -0.3 is 15.2 Å². The summed E-state index contributed by atoms with van der Waals surface area (Å²) in [5.74, 6) is 1.96. The number of aliphatic hydroxyl groups is 1. The van der Waals surface area contributed by atoms with E-state index >= 15 is 0 Å². The van der Waals surface area contributed by atoms with Crippen LogP contribution >= 0.6 is 11.3 Å². The number of benzene rings is 1. The molecule has 2 N–H and O–H groups in total.